The Labute approximate surface area is 126 Å². The Hall–Kier alpha value is -0.950. The number of carbonyl (C=O) groups is 1. The highest BCUT2D eigenvalue weighted by molar-refractivity contribution is 8.00. The van der Waals surface area contributed by atoms with Crippen LogP contribution in [-0.2, 0) is 23.0 Å². The SMILES string of the molecule is CC[C@H](Sc1nc2c(c(=O)n1C)S[C@H](C)C2)C(=O)OC. The molecule has 0 spiro atoms. The summed E-state index contributed by atoms with van der Waals surface area (Å²) in [7, 11) is 3.07. The Bertz CT molecular complexity index is 586. The van der Waals surface area contributed by atoms with Gasteiger partial charge in [-0.15, -0.1) is 11.8 Å². The van der Waals surface area contributed by atoms with Crippen LogP contribution in [-0.4, -0.2) is 33.1 Å². The molecule has 0 fully saturated rings. The van der Waals surface area contributed by atoms with E-state index in [0.717, 1.165) is 17.0 Å². The van der Waals surface area contributed by atoms with Gasteiger partial charge in [0, 0.05) is 18.7 Å². The zero-order valence-electron chi connectivity index (χ0n) is 12.0. The topological polar surface area (TPSA) is 61.2 Å². The van der Waals surface area contributed by atoms with Crippen LogP contribution in [0.15, 0.2) is 14.8 Å². The number of fused-ring (bicyclic) bond motifs is 1. The fraction of sp³-hybridized carbons (Fsp3) is 0.615. The minimum absolute atomic E-state index is 0.0217. The van der Waals surface area contributed by atoms with Crippen LogP contribution in [0.1, 0.15) is 26.0 Å². The second-order valence-corrected chi connectivity index (χ2v) is 7.32. The standard InChI is InChI=1S/C13H18N2O3S2/c1-5-9(12(17)18-4)20-13-14-8-6-7(2)19-10(8)11(16)15(13)3/h7,9H,5-6H2,1-4H3/t7-,9+/m1/s1. The molecule has 0 radical (unpaired) electrons. The molecular formula is C13H18N2O3S2. The number of esters is 1. The van der Waals surface area contributed by atoms with Gasteiger partial charge in [0.1, 0.15) is 5.25 Å². The van der Waals surface area contributed by atoms with Gasteiger partial charge < -0.3 is 4.74 Å². The molecule has 7 heteroatoms. The molecule has 1 aromatic rings. The molecule has 0 aliphatic carbocycles. The number of rotatable bonds is 4. The van der Waals surface area contributed by atoms with Crippen molar-refractivity contribution in [3.8, 4) is 0 Å². The minimum atomic E-state index is -0.331. The highest BCUT2D eigenvalue weighted by Gasteiger charge is 2.27. The van der Waals surface area contributed by atoms with Gasteiger partial charge in [0.25, 0.3) is 5.56 Å². The molecule has 1 aromatic heterocycles. The van der Waals surface area contributed by atoms with Crippen molar-refractivity contribution < 1.29 is 9.53 Å². The van der Waals surface area contributed by atoms with Crippen LogP contribution in [0.4, 0.5) is 0 Å². The van der Waals surface area contributed by atoms with Crippen molar-refractivity contribution in [2.24, 2.45) is 7.05 Å². The van der Waals surface area contributed by atoms with Gasteiger partial charge in [0.15, 0.2) is 5.16 Å². The van der Waals surface area contributed by atoms with Gasteiger partial charge in [-0.2, -0.15) is 0 Å². The number of thioether (sulfide) groups is 2. The summed E-state index contributed by atoms with van der Waals surface area (Å²) in [6.07, 6.45) is 1.44. The molecule has 5 nitrogen and oxygen atoms in total. The molecule has 2 rings (SSSR count). The van der Waals surface area contributed by atoms with Crippen LogP contribution in [0, 0.1) is 0 Å². The maximum absolute atomic E-state index is 12.3. The van der Waals surface area contributed by atoms with E-state index in [9.17, 15) is 9.59 Å². The summed E-state index contributed by atoms with van der Waals surface area (Å²) in [6.45, 7) is 4.00. The third-order valence-electron chi connectivity index (χ3n) is 3.16. The fourth-order valence-electron chi connectivity index (χ4n) is 2.04. The van der Waals surface area contributed by atoms with Gasteiger partial charge in [-0.05, 0) is 6.42 Å². The Balaban J connectivity index is 2.34. The number of nitrogens with zero attached hydrogens (tertiary/aromatic N) is 2. The molecule has 0 saturated carbocycles. The molecule has 0 amide bonds. The van der Waals surface area contributed by atoms with Gasteiger partial charge >= 0.3 is 5.97 Å². The average molecular weight is 314 g/mol. The first-order valence-electron chi connectivity index (χ1n) is 6.49. The Morgan fingerprint density at radius 2 is 2.35 bits per heavy atom. The summed E-state index contributed by atoms with van der Waals surface area (Å²) < 4.78 is 6.30. The van der Waals surface area contributed by atoms with Crippen molar-refractivity contribution in [2.75, 3.05) is 7.11 Å². The van der Waals surface area contributed by atoms with Gasteiger partial charge in [-0.3, -0.25) is 14.2 Å². The zero-order valence-corrected chi connectivity index (χ0v) is 13.6. The third kappa shape index (κ3) is 2.88. The van der Waals surface area contributed by atoms with Crippen LogP contribution >= 0.6 is 23.5 Å². The van der Waals surface area contributed by atoms with Crippen molar-refractivity contribution in [1.29, 1.82) is 0 Å². The van der Waals surface area contributed by atoms with E-state index in [1.54, 1.807) is 18.8 Å². The molecule has 0 saturated heterocycles. The van der Waals surface area contributed by atoms with Gasteiger partial charge in [0.2, 0.25) is 0 Å². The predicted molar refractivity (Wildman–Crippen MR) is 80.5 cm³/mol. The fourth-order valence-corrected chi connectivity index (χ4v) is 4.20. The van der Waals surface area contributed by atoms with Gasteiger partial charge in [-0.1, -0.05) is 25.6 Å². The second kappa shape index (κ2) is 6.22. The van der Waals surface area contributed by atoms with E-state index >= 15 is 0 Å². The van der Waals surface area contributed by atoms with Crippen LogP contribution in [0.2, 0.25) is 0 Å². The van der Waals surface area contributed by atoms with Crippen molar-refractivity contribution in [1.82, 2.24) is 9.55 Å². The number of hydrogen-bond donors (Lipinski definition) is 0. The monoisotopic (exact) mass is 314 g/mol. The number of ether oxygens (including phenoxy) is 1. The second-order valence-electron chi connectivity index (χ2n) is 4.70. The highest BCUT2D eigenvalue weighted by Crippen LogP contribution is 2.34. The van der Waals surface area contributed by atoms with E-state index in [1.165, 1.54) is 23.4 Å². The molecule has 0 unspecified atom stereocenters. The smallest absolute Gasteiger partial charge is 0.319 e. The summed E-state index contributed by atoms with van der Waals surface area (Å²) in [5.74, 6) is -0.282. The lowest BCUT2D eigenvalue weighted by Gasteiger charge is -2.14. The zero-order chi connectivity index (χ0) is 14.9. The number of hydrogen-bond acceptors (Lipinski definition) is 6. The van der Waals surface area contributed by atoms with Crippen molar-refractivity contribution in [3.05, 3.63) is 16.0 Å². The lowest BCUT2D eigenvalue weighted by Crippen LogP contribution is -2.25. The van der Waals surface area contributed by atoms with E-state index in [-0.39, 0.29) is 16.8 Å². The molecule has 0 bridgehead atoms. The quantitative estimate of drug-likeness (QED) is 0.480. The summed E-state index contributed by atoms with van der Waals surface area (Å²) in [5.41, 5.74) is 0.833. The first-order valence-corrected chi connectivity index (χ1v) is 8.24. The normalized spacial score (nSPS) is 18.7. The number of carbonyl (C=O) groups excluding carboxylic acids is 1. The predicted octanol–water partition coefficient (Wildman–Crippen LogP) is 1.86. The minimum Gasteiger partial charge on any atom is -0.468 e. The average Bonchev–Trinajstić information content (AvgIpc) is 2.81. The molecule has 1 aliphatic heterocycles. The molecule has 0 aromatic carbocycles. The van der Waals surface area contributed by atoms with Crippen LogP contribution in [0.3, 0.4) is 0 Å². The summed E-state index contributed by atoms with van der Waals surface area (Å²) in [5, 5.41) is 0.636. The third-order valence-corrected chi connectivity index (χ3v) is 5.76. The van der Waals surface area contributed by atoms with Crippen LogP contribution < -0.4 is 5.56 Å². The first-order chi connectivity index (χ1) is 9.47. The molecule has 110 valence electrons. The van der Waals surface area contributed by atoms with Crippen LogP contribution in [0.25, 0.3) is 0 Å². The van der Waals surface area contributed by atoms with E-state index in [1.807, 2.05) is 6.92 Å². The molecule has 2 heterocycles. The largest absolute Gasteiger partial charge is 0.468 e. The van der Waals surface area contributed by atoms with E-state index in [2.05, 4.69) is 11.9 Å². The maximum Gasteiger partial charge on any atom is 0.319 e. The van der Waals surface area contributed by atoms with Crippen molar-refractivity contribution >= 4 is 29.5 Å². The molecule has 1 aliphatic rings. The first kappa shape index (κ1) is 15.4. The maximum atomic E-state index is 12.3. The lowest BCUT2D eigenvalue weighted by molar-refractivity contribution is -0.140. The molecule has 2 atom stereocenters. The van der Waals surface area contributed by atoms with Crippen molar-refractivity contribution in [3.63, 3.8) is 0 Å². The molecule has 0 N–H and O–H groups in total. The van der Waals surface area contributed by atoms with E-state index in [0.29, 0.717) is 16.8 Å². The Morgan fingerprint density at radius 1 is 1.65 bits per heavy atom. The summed E-state index contributed by atoms with van der Waals surface area (Å²) in [4.78, 5) is 29.3. The molecular weight excluding hydrogens is 296 g/mol. The molecule has 20 heavy (non-hydrogen) atoms. The number of methoxy groups -OCH3 is 1. The summed E-state index contributed by atoms with van der Waals surface area (Å²) >= 11 is 2.88. The summed E-state index contributed by atoms with van der Waals surface area (Å²) in [6, 6.07) is 0. The van der Waals surface area contributed by atoms with Crippen LogP contribution in [0.5, 0.6) is 0 Å². The van der Waals surface area contributed by atoms with Gasteiger partial charge in [0.05, 0.1) is 17.7 Å². The van der Waals surface area contributed by atoms with E-state index in [4.69, 9.17) is 4.74 Å². The Morgan fingerprint density at radius 3 is 2.95 bits per heavy atom. The Kier molecular flexibility index (Phi) is 4.80. The highest BCUT2D eigenvalue weighted by atomic mass is 32.2. The number of aromatic nitrogens is 2. The lowest BCUT2D eigenvalue weighted by atomic mass is 10.2. The van der Waals surface area contributed by atoms with Gasteiger partial charge in [-0.25, -0.2) is 4.98 Å². The van der Waals surface area contributed by atoms with E-state index < -0.39 is 0 Å². The van der Waals surface area contributed by atoms with Crippen molar-refractivity contribution in [2.45, 2.75) is 47.2 Å².